The van der Waals surface area contributed by atoms with E-state index in [1.165, 1.54) is 18.3 Å². The molecule has 2 rings (SSSR count). The topological polar surface area (TPSA) is 42.0 Å². The summed E-state index contributed by atoms with van der Waals surface area (Å²) in [6, 6.07) is 4.04. The third-order valence-corrected chi connectivity index (χ3v) is 2.44. The first-order valence-electron chi connectivity index (χ1n) is 5.05. The Morgan fingerprint density at radius 2 is 1.79 bits per heavy atom. The third kappa shape index (κ3) is 3.03. The van der Waals surface area contributed by atoms with Crippen molar-refractivity contribution in [2.75, 3.05) is 5.32 Å². The van der Waals surface area contributed by atoms with E-state index in [4.69, 9.17) is 11.6 Å². The lowest BCUT2D eigenvalue weighted by atomic mass is 10.2. The first-order chi connectivity index (χ1) is 8.97. The number of hydrogen-bond acceptors (Lipinski definition) is 2. The monoisotopic (exact) mass is 286 g/mol. The van der Waals surface area contributed by atoms with E-state index in [1.807, 2.05) is 0 Å². The summed E-state index contributed by atoms with van der Waals surface area (Å²) in [5.41, 5.74) is -0.363. The largest absolute Gasteiger partial charge is 0.307 e. The molecule has 98 valence electrons. The summed E-state index contributed by atoms with van der Waals surface area (Å²) in [5.74, 6) is -5.22. The van der Waals surface area contributed by atoms with Gasteiger partial charge in [-0.1, -0.05) is 11.6 Å². The molecular weight excluding hydrogens is 281 g/mol. The van der Waals surface area contributed by atoms with E-state index in [0.29, 0.717) is 17.2 Å². The lowest BCUT2D eigenvalue weighted by molar-refractivity contribution is 0.102. The fraction of sp³-hybridized carbons (Fsp3) is 0. The highest BCUT2D eigenvalue weighted by Gasteiger charge is 2.15. The molecule has 0 radical (unpaired) electrons. The number of halogens is 4. The zero-order valence-corrected chi connectivity index (χ0v) is 10.0. The Morgan fingerprint density at radius 1 is 1.16 bits per heavy atom. The van der Waals surface area contributed by atoms with Crippen LogP contribution in [-0.2, 0) is 0 Å². The van der Waals surface area contributed by atoms with Gasteiger partial charge in [0.2, 0.25) is 0 Å². The zero-order chi connectivity index (χ0) is 14.0. The number of rotatable bonds is 2. The minimum absolute atomic E-state index is 0.114. The Hall–Kier alpha value is -2.08. The SMILES string of the molecule is O=C(Nc1cc(Cl)ccn1)c1cc(F)c(F)c(F)c1. The second-order valence-electron chi connectivity index (χ2n) is 3.57. The molecule has 0 aliphatic carbocycles. The third-order valence-electron chi connectivity index (χ3n) is 2.21. The fourth-order valence-electron chi connectivity index (χ4n) is 1.35. The van der Waals surface area contributed by atoms with Gasteiger partial charge in [0, 0.05) is 16.8 Å². The molecule has 0 aliphatic rings. The summed E-state index contributed by atoms with van der Waals surface area (Å²) < 4.78 is 38.7. The van der Waals surface area contributed by atoms with Crippen LogP contribution in [0.15, 0.2) is 30.5 Å². The molecule has 1 aromatic heterocycles. The predicted octanol–water partition coefficient (Wildman–Crippen LogP) is 3.40. The van der Waals surface area contributed by atoms with E-state index in [2.05, 4.69) is 10.3 Å². The molecule has 19 heavy (non-hydrogen) atoms. The minimum atomic E-state index is -1.63. The van der Waals surface area contributed by atoms with Gasteiger partial charge in [-0.15, -0.1) is 0 Å². The van der Waals surface area contributed by atoms with Gasteiger partial charge in [-0.25, -0.2) is 18.2 Å². The van der Waals surface area contributed by atoms with Crippen LogP contribution >= 0.6 is 11.6 Å². The zero-order valence-electron chi connectivity index (χ0n) is 9.25. The summed E-state index contributed by atoms with van der Waals surface area (Å²) in [5, 5.41) is 2.62. The molecular formula is C12H6ClF3N2O. The summed E-state index contributed by atoms with van der Waals surface area (Å²) in [4.78, 5) is 15.5. The smallest absolute Gasteiger partial charge is 0.257 e. The summed E-state index contributed by atoms with van der Waals surface area (Å²) >= 11 is 5.68. The molecule has 1 heterocycles. The molecule has 0 fully saturated rings. The van der Waals surface area contributed by atoms with Crippen LogP contribution in [0.2, 0.25) is 5.02 Å². The standard InChI is InChI=1S/C12H6ClF3N2O/c13-7-1-2-17-10(5-7)18-12(19)6-3-8(14)11(16)9(15)4-6/h1-5H,(H,17,18,19). The van der Waals surface area contributed by atoms with Crippen LogP contribution in [-0.4, -0.2) is 10.9 Å². The van der Waals surface area contributed by atoms with Gasteiger partial charge in [-0.2, -0.15) is 0 Å². The number of nitrogens with zero attached hydrogens (tertiary/aromatic N) is 1. The Balaban J connectivity index is 2.25. The second kappa shape index (κ2) is 5.27. The summed E-state index contributed by atoms with van der Waals surface area (Å²) in [7, 11) is 0. The number of carbonyl (C=O) groups is 1. The van der Waals surface area contributed by atoms with Gasteiger partial charge < -0.3 is 5.32 Å². The lowest BCUT2D eigenvalue weighted by Crippen LogP contribution is -2.14. The molecule has 0 aliphatic heterocycles. The highest BCUT2D eigenvalue weighted by atomic mass is 35.5. The molecule has 7 heteroatoms. The number of amides is 1. The molecule has 0 spiro atoms. The van der Waals surface area contributed by atoms with Gasteiger partial charge in [-0.3, -0.25) is 4.79 Å². The number of carbonyl (C=O) groups excluding carboxylic acids is 1. The van der Waals surface area contributed by atoms with Crippen LogP contribution < -0.4 is 5.32 Å². The van der Waals surface area contributed by atoms with Crippen molar-refractivity contribution in [1.29, 1.82) is 0 Å². The van der Waals surface area contributed by atoms with Crippen LogP contribution in [0.4, 0.5) is 19.0 Å². The van der Waals surface area contributed by atoms with Crippen LogP contribution in [0.5, 0.6) is 0 Å². The van der Waals surface area contributed by atoms with E-state index >= 15 is 0 Å². The molecule has 0 bridgehead atoms. The van der Waals surface area contributed by atoms with Crippen molar-refractivity contribution in [2.45, 2.75) is 0 Å². The molecule has 1 aromatic carbocycles. The number of anilines is 1. The van der Waals surface area contributed by atoms with Crippen molar-refractivity contribution >= 4 is 23.3 Å². The van der Waals surface area contributed by atoms with Gasteiger partial charge in [-0.05, 0) is 24.3 Å². The van der Waals surface area contributed by atoms with Crippen molar-refractivity contribution in [3.63, 3.8) is 0 Å². The quantitative estimate of drug-likeness (QED) is 0.860. The number of benzene rings is 1. The molecule has 0 saturated carbocycles. The van der Waals surface area contributed by atoms with Gasteiger partial charge in [0.25, 0.3) is 5.91 Å². The van der Waals surface area contributed by atoms with Crippen LogP contribution in [0.1, 0.15) is 10.4 Å². The van der Waals surface area contributed by atoms with Gasteiger partial charge in [0.05, 0.1) is 0 Å². The van der Waals surface area contributed by atoms with E-state index in [9.17, 15) is 18.0 Å². The van der Waals surface area contributed by atoms with E-state index in [0.717, 1.165) is 0 Å². The number of nitrogens with one attached hydrogen (secondary N) is 1. The average Bonchev–Trinajstić information content (AvgIpc) is 2.35. The van der Waals surface area contributed by atoms with E-state index < -0.39 is 23.4 Å². The first kappa shape index (κ1) is 13.4. The van der Waals surface area contributed by atoms with Crippen molar-refractivity contribution in [1.82, 2.24) is 4.98 Å². The maximum absolute atomic E-state index is 13.0. The fourth-order valence-corrected chi connectivity index (χ4v) is 1.51. The van der Waals surface area contributed by atoms with Gasteiger partial charge in [0.1, 0.15) is 5.82 Å². The number of aromatic nitrogens is 1. The highest BCUT2D eigenvalue weighted by Crippen LogP contribution is 2.16. The Kier molecular flexibility index (Phi) is 3.71. The normalized spacial score (nSPS) is 10.3. The highest BCUT2D eigenvalue weighted by molar-refractivity contribution is 6.30. The van der Waals surface area contributed by atoms with Crippen LogP contribution in [0.3, 0.4) is 0 Å². The molecule has 1 N–H and O–H groups in total. The molecule has 1 amide bonds. The lowest BCUT2D eigenvalue weighted by Gasteiger charge is -2.05. The maximum Gasteiger partial charge on any atom is 0.257 e. The van der Waals surface area contributed by atoms with Crippen molar-refractivity contribution < 1.29 is 18.0 Å². The van der Waals surface area contributed by atoms with E-state index in [1.54, 1.807) is 0 Å². The summed E-state index contributed by atoms with van der Waals surface area (Å²) in [6.45, 7) is 0. The first-order valence-corrected chi connectivity index (χ1v) is 5.42. The van der Waals surface area contributed by atoms with Crippen LogP contribution in [0.25, 0.3) is 0 Å². The molecule has 0 atom stereocenters. The maximum atomic E-state index is 13.0. The van der Waals surface area contributed by atoms with Crippen molar-refractivity contribution in [2.24, 2.45) is 0 Å². The number of hydrogen-bond donors (Lipinski definition) is 1. The van der Waals surface area contributed by atoms with Gasteiger partial charge in [0.15, 0.2) is 17.5 Å². The van der Waals surface area contributed by atoms with Crippen molar-refractivity contribution in [3.05, 3.63) is 58.5 Å². The average molecular weight is 287 g/mol. The van der Waals surface area contributed by atoms with Crippen LogP contribution in [0, 0.1) is 17.5 Å². The van der Waals surface area contributed by atoms with Crippen molar-refractivity contribution in [3.8, 4) is 0 Å². The van der Waals surface area contributed by atoms with E-state index in [-0.39, 0.29) is 11.4 Å². The van der Waals surface area contributed by atoms with Gasteiger partial charge >= 0.3 is 0 Å². The minimum Gasteiger partial charge on any atom is -0.307 e. The molecule has 3 nitrogen and oxygen atoms in total. The Morgan fingerprint density at radius 3 is 2.37 bits per heavy atom. The second-order valence-corrected chi connectivity index (χ2v) is 4.00. The Labute approximate surface area is 111 Å². The molecule has 0 unspecified atom stereocenters. The molecule has 2 aromatic rings. The predicted molar refractivity (Wildman–Crippen MR) is 63.5 cm³/mol. The summed E-state index contributed by atoms with van der Waals surface area (Å²) in [6.07, 6.45) is 1.35. The Bertz CT molecular complexity index is 626. The molecule has 0 saturated heterocycles. The number of pyridine rings is 1.